The summed E-state index contributed by atoms with van der Waals surface area (Å²) in [7, 11) is 0. The molecule has 0 N–H and O–H groups in total. The van der Waals surface area contributed by atoms with Crippen molar-refractivity contribution in [2.45, 2.75) is 34.8 Å². The zero-order chi connectivity index (χ0) is 8.48. The van der Waals surface area contributed by atoms with Gasteiger partial charge in [0.2, 0.25) is 0 Å². The third kappa shape index (κ3) is 1.72. The summed E-state index contributed by atoms with van der Waals surface area (Å²) in [6, 6.07) is 0. The summed E-state index contributed by atoms with van der Waals surface area (Å²) in [5.41, 5.74) is 0. The van der Waals surface area contributed by atoms with E-state index in [9.17, 15) is 0 Å². The highest BCUT2D eigenvalue weighted by Crippen LogP contribution is 2.55. The number of hydrogen-bond acceptors (Lipinski definition) is 0. The predicted molar refractivity (Wildman–Crippen MR) is 57.6 cm³/mol. The van der Waals surface area contributed by atoms with E-state index in [4.69, 9.17) is 0 Å². The van der Waals surface area contributed by atoms with Gasteiger partial charge in [0, 0.05) is 9.15 Å². The van der Waals surface area contributed by atoms with Gasteiger partial charge in [0.25, 0.3) is 0 Å². The largest absolute Gasteiger partial charge is 0.106 e. The highest BCUT2D eigenvalue weighted by atomic mass is 79.9. The van der Waals surface area contributed by atoms with E-state index in [0.717, 1.165) is 10.7 Å². The highest BCUT2D eigenvalue weighted by Gasteiger charge is 2.49. The van der Waals surface area contributed by atoms with Gasteiger partial charge in [-0.3, -0.25) is 0 Å². The number of rotatable bonds is 0. The molecule has 2 heteroatoms. The zero-order valence-electron chi connectivity index (χ0n) is 6.65. The van der Waals surface area contributed by atoms with Crippen molar-refractivity contribution in [2.24, 2.45) is 5.92 Å². The Morgan fingerprint density at radius 1 is 1.36 bits per heavy atom. The fourth-order valence-electron chi connectivity index (χ4n) is 2.12. The molecule has 0 amide bonds. The highest BCUT2D eigenvalue weighted by molar-refractivity contribution is 9.12. The summed E-state index contributed by atoms with van der Waals surface area (Å²) >= 11 is 7.51. The fraction of sp³-hybridized carbons (Fsp3) is 0.778. The van der Waals surface area contributed by atoms with Gasteiger partial charge in [0.05, 0.1) is 0 Å². The topological polar surface area (TPSA) is 0 Å². The normalized spacial score (nSPS) is 46.7. The molecule has 0 aromatic heterocycles. The van der Waals surface area contributed by atoms with E-state index in [1.807, 2.05) is 0 Å². The second kappa shape index (κ2) is 3.61. The Kier molecular flexibility index (Phi) is 3.21. The average molecular weight is 282 g/mol. The SMILES string of the molecule is BrC1CC2CCC1(Br)C2.C=C. The van der Waals surface area contributed by atoms with E-state index < -0.39 is 0 Å². The Morgan fingerprint density at radius 3 is 2.18 bits per heavy atom. The lowest BCUT2D eigenvalue weighted by Gasteiger charge is -2.23. The molecule has 0 heterocycles. The first-order chi connectivity index (χ1) is 5.21. The van der Waals surface area contributed by atoms with Gasteiger partial charge in [-0.1, -0.05) is 31.9 Å². The first-order valence-electron chi connectivity index (χ1n) is 4.04. The molecule has 2 rings (SSSR count). The molecule has 0 aliphatic heterocycles. The summed E-state index contributed by atoms with van der Waals surface area (Å²) in [4.78, 5) is 0.753. The van der Waals surface area contributed by atoms with E-state index in [2.05, 4.69) is 45.0 Å². The van der Waals surface area contributed by atoms with Crippen molar-refractivity contribution in [1.29, 1.82) is 0 Å². The first-order valence-corrected chi connectivity index (χ1v) is 5.74. The lowest BCUT2D eigenvalue weighted by atomic mass is 10.0. The fourth-order valence-corrected chi connectivity index (χ4v) is 3.94. The molecule has 0 saturated heterocycles. The van der Waals surface area contributed by atoms with Crippen LogP contribution >= 0.6 is 31.9 Å². The second-order valence-corrected chi connectivity index (χ2v) is 6.03. The third-order valence-corrected chi connectivity index (χ3v) is 5.84. The Balaban J connectivity index is 0.000000281. The molecule has 3 unspecified atom stereocenters. The van der Waals surface area contributed by atoms with Gasteiger partial charge in [0.15, 0.2) is 0 Å². The van der Waals surface area contributed by atoms with Gasteiger partial charge in [-0.25, -0.2) is 0 Å². The van der Waals surface area contributed by atoms with Gasteiger partial charge in [-0.2, -0.15) is 0 Å². The summed E-state index contributed by atoms with van der Waals surface area (Å²) in [6.45, 7) is 6.00. The molecule has 0 nitrogen and oxygen atoms in total. The van der Waals surface area contributed by atoms with Crippen molar-refractivity contribution in [3.63, 3.8) is 0 Å². The summed E-state index contributed by atoms with van der Waals surface area (Å²) in [5, 5.41) is 0. The van der Waals surface area contributed by atoms with E-state index in [1.54, 1.807) is 0 Å². The lowest BCUT2D eigenvalue weighted by molar-refractivity contribution is 0.517. The number of fused-ring (bicyclic) bond motifs is 2. The maximum absolute atomic E-state index is 3.80. The molecule has 2 aliphatic rings. The molecule has 2 aliphatic carbocycles. The average Bonchev–Trinajstić information content (AvgIpc) is 2.48. The zero-order valence-corrected chi connectivity index (χ0v) is 9.83. The van der Waals surface area contributed by atoms with Crippen LogP contribution in [0.4, 0.5) is 0 Å². The Labute approximate surface area is 85.7 Å². The maximum atomic E-state index is 3.80. The Bertz CT molecular complexity index is 146. The number of alkyl halides is 2. The van der Waals surface area contributed by atoms with Crippen molar-refractivity contribution < 1.29 is 0 Å². The van der Waals surface area contributed by atoms with Crippen LogP contribution in [0, 0.1) is 5.92 Å². The van der Waals surface area contributed by atoms with Crippen LogP contribution in [-0.4, -0.2) is 9.15 Å². The van der Waals surface area contributed by atoms with E-state index in [0.29, 0.717) is 4.32 Å². The summed E-state index contributed by atoms with van der Waals surface area (Å²) in [5.74, 6) is 1.02. The molecule has 11 heavy (non-hydrogen) atoms. The molecular weight excluding hydrogens is 268 g/mol. The van der Waals surface area contributed by atoms with Gasteiger partial charge in [0.1, 0.15) is 0 Å². The van der Waals surface area contributed by atoms with Crippen LogP contribution in [0.15, 0.2) is 13.2 Å². The minimum atomic E-state index is 0.498. The summed E-state index contributed by atoms with van der Waals surface area (Å²) < 4.78 is 0.498. The standard InChI is InChI=1S/C7H10Br2.C2H4/c8-6-3-5-1-2-7(6,9)4-5;1-2/h5-6H,1-4H2;1-2H2. The molecule has 64 valence electrons. The monoisotopic (exact) mass is 280 g/mol. The van der Waals surface area contributed by atoms with Gasteiger partial charge in [-0.15, -0.1) is 13.2 Å². The number of halogens is 2. The van der Waals surface area contributed by atoms with Crippen molar-refractivity contribution in [1.82, 2.24) is 0 Å². The molecule has 3 atom stereocenters. The molecule has 2 bridgehead atoms. The van der Waals surface area contributed by atoms with Crippen molar-refractivity contribution in [2.75, 3.05) is 0 Å². The number of hydrogen-bond donors (Lipinski definition) is 0. The summed E-state index contributed by atoms with van der Waals surface area (Å²) in [6.07, 6.45) is 5.63. The molecule has 2 fully saturated rings. The van der Waals surface area contributed by atoms with Crippen LogP contribution in [0.3, 0.4) is 0 Å². The van der Waals surface area contributed by atoms with Crippen LogP contribution in [0.25, 0.3) is 0 Å². The van der Waals surface area contributed by atoms with E-state index >= 15 is 0 Å². The quantitative estimate of drug-likeness (QED) is 0.467. The van der Waals surface area contributed by atoms with E-state index in [1.165, 1.54) is 25.7 Å². The smallest absolute Gasteiger partial charge is 0.0385 e. The minimum absolute atomic E-state index is 0.498. The van der Waals surface area contributed by atoms with Crippen LogP contribution < -0.4 is 0 Å². The van der Waals surface area contributed by atoms with E-state index in [-0.39, 0.29) is 0 Å². The minimum Gasteiger partial charge on any atom is -0.106 e. The van der Waals surface area contributed by atoms with Crippen molar-refractivity contribution >= 4 is 31.9 Å². The lowest BCUT2D eigenvalue weighted by Crippen LogP contribution is -2.24. The molecule has 0 radical (unpaired) electrons. The first kappa shape index (κ1) is 9.79. The molecular formula is C9H14Br2. The van der Waals surface area contributed by atoms with Gasteiger partial charge >= 0.3 is 0 Å². The third-order valence-electron chi connectivity index (χ3n) is 2.70. The van der Waals surface area contributed by atoms with Crippen LogP contribution in [0.2, 0.25) is 0 Å². The Morgan fingerprint density at radius 2 is 2.00 bits per heavy atom. The molecule has 0 aromatic carbocycles. The second-order valence-electron chi connectivity index (χ2n) is 3.35. The van der Waals surface area contributed by atoms with Gasteiger partial charge < -0.3 is 0 Å². The molecule has 2 saturated carbocycles. The molecule has 0 spiro atoms. The molecule has 0 aromatic rings. The van der Waals surface area contributed by atoms with Crippen LogP contribution in [-0.2, 0) is 0 Å². The van der Waals surface area contributed by atoms with Crippen molar-refractivity contribution in [3.8, 4) is 0 Å². The Hall–Kier alpha value is 0.700. The van der Waals surface area contributed by atoms with Crippen LogP contribution in [0.1, 0.15) is 25.7 Å². The van der Waals surface area contributed by atoms with Crippen LogP contribution in [0.5, 0.6) is 0 Å². The van der Waals surface area contributed by atoms with Crippen molar-refractivity contribution in [3.05, 3.63) is 13.2 Å². The van der Waals surface area contributed by atoms with Gasteiger partial charge in [-0.05, 0) is 31.6 Å². The maximum Gasteiger partial charge on any atom is 0.0385 e. The predicted octanol–water partition coefficient (Wildman–Crippen LogP) is 3.89.